The van der Waals surface area contributed by atoms with Crippen LogP contribution in [0.15, 0.2) is 16.9 Å². The van der Waals surface area contributed by atoms with E-state index in [1.165, 1.54) is 6.07 Å². The lowest BCUT2D eigenvalue weighted by Gasteiger charge is -2.32. The van der Waals surface area contributed by atoms with E-state index in [0.717, 1.165) is 23.5 Å². The number of alkyl halides is 1. The van der Waals surface area contributed by atoms with E-state index >= 15 is 4.39 Å². The van der Waals surface area contributed by atoms with Gasteiger partial charge in [-0.1, -0.05) is 0 Å². The Morgan fingerprint density at radius 3 is 2.64 bits per heavy atom. The van der Waals surface area contributed by atoms with E-state index in [-0.39, 0.29) is 34.9 Å². The van der Waals surface area contributed by atoms with Gasteiger partial charge < -0.3 is 24.8 Å². The van der Waals surface area contributed by atoms with E-state index in [0.29, 0.717) is 19.5 Å². The van der Waals surface area contributed by atoms with Crippen molar-refractivity contribution in [2.24, 2.45) is 5.92 Å². The van der Waals surface area contributed by atoms with Gasteiger partial charge in [-0.15, -0.1) is 0 Å². The smallest absolute Gasteiger partial charge is 0.408 e. The summed E-state index contributed by atoms with van der Waals surface area (Å²) in [5, 5.41) is 12.6. The normalized spacial score (nSPS) is 22.3. The molecule has 5 rings (SSSR count). The van der Waals surface area contributed by atoms with Crippen molar-refractivity contribution in [3.63, 3.8) is 0 Å². The van der Waals surface area contributed by atoms with Crippen molar-refractivity contribution in [2.75, 3.05) is 31.3 Å². The van der Waals surface area contributed by atoms with Crippen molar-refractivity contribution in [2.45, 2.75) is 57.2 Å². The number of pyridine rings is 1. The largest absolute Gasteiger partial charge is 0.487 e. The fourth-order valence-electron chi connectivity index (χ4n) is 5.42. The minimum absolute atomic E-state index is 0.0473. The van der Waals surface area contributed by atoms with Gasteiger partial charge in [-0.05, 0) is 52.2 Å². The van der Waals surface area contributed by atoms with Crippen molar-refractivity contribution in [1.82, 2.24) is 9.88 Å². The lowest BCUT2D eigenvalue weighted by atomic mass is 9.96. The molecule has 1 saturated carbocycles. The summed E-state index contributed by atoms with van der Waals surface area (Å²) < 4.78 is 41.6. The molecule has 36 heavy (non-hydrogen) atoms. The molecule has 3 heterocycles. The molecular formula is C25H29F2N3O6. The zero-order valence-corrected chi connectivity index (χ0v) is 20.4. The number of carboxylic acid groups (broad SMARTS) is 1. The number of aromatic nitrogens is 1. The zero-order valence-electron chi connectivity index (χ0n) is 20.4. The van der Waals surface area contributed by atoms with Crippen LogP contribution in [-0.4, -0.2) is 59.2 Å². The first-order valence-electron chi connectivity index (χ1n) is 12.0. The number of halogens is 2. The summed E-state index contributed by atoms with van der Waals surface area (Å²) in [5.74, 6) is -1.93. The van der Waals surface area contributed by atoms with E-state index < -0.39 is 52.9 Å². The van der Waals surface area contributed by atoms with Crippen molar-refractivity contribution >= 4 is 28.7 Å². The Bertz CT molecular complexity index is 1310. The second kappa shape index (κ2) is 8.35. The van der Waals surface area contributed by atoms with Crippen LogP contribution in [0.25, 0.3) is 10.9 Å². The monoisotopic (exact) mass is 505 g/mol. The van der Waals surface area contributed by atoms with Crippen molar-refractivity contribution in [1.29, 1.82) is 0 Å². The first-order chi connectivity index (χ1) is 16.9. The van der Waals surface area contributed by atoms with Crippen molar-refractivity contribution in [3.8, 4) is 5.75 Å². The molecule has 2 aliphatic heterocycles. The van der Waals surface area contributed by atoms with Gasteiger partial charge in [0, 0.05) is 29.9 Å². The summed E-state index contributed by atoms with van der Waals surface area (Å²) in [6.07, 6.45) is 1.81. The number of alkyl carbamates (subject to hydrolysis) is 1. The van der Waals surface area contributed by atoms with Gasteiger partial charge in [-0.2, -0.15) is 0 Å². The molecule has 1 aliphatic carbocycles. The Morgan fingerprint density at radius 2 is 2.03 bits per heavy atom. The minimum Gasteiger partial charge on any atom is -0.487 e. The number of hydrogen-bond donors (Lipinski definition) is 2. The lowest BCUT2D eigenvalue weighted by Crippen LogP contribution is -2.46. The second-order valence-corrected chi connectivity index (χ2v) is 10.8. The number of aromatic carboxylic acids is 1. The van der Waals surface area contributed by atoms with E-state index in [1.54, 1.807) is 20.8 Å². The van der Waals surface area contributed by atoms with Gasteiger partial charge in [0.1, 0.15) is 30.1 Å². The summed E-state index contributed by atoms with van der Waals surface area (Å²) in [6, 6.07) is 1.26. The van der Waals surface area contributed by atoms with Gasteiger partial charge in [0.2, 0.25) is 0 Å². The number of carbonyl (C=O) groups is 2. The molecule has 1 aromatic carbocycles. The molecule has 2 fully saturated rings. The molecule has 0 spiro atoms. The average Bonchev–Trinajstić information content (AvgIpc) is 3.38. The third kappa shape index (κ3) is 4.04. The van der Waals surface area contributed by atoms with E-state index in [1.807, 2.05) is 4.90 Å². The highest BCUT2D eigenvalue weighted by Crippen LogP contribution is 2.49. The number of amides is 1. The van der Waals surface area contributed by atoms with Crippen molar-refractivity contribution in [3.05, 3.63) is 33.9 Å². The van der Waals surface area contributed by atoms with Gasteiger partial charge in [0.25, 0.3) is 5.56 Å². The number of ether oxygens (including phenoxy) is 2. The van der Waals surface area contributed by atoms with Crippen LogP contribution in [0.1, 0.15) is 56.4 Å². The van der Waals surface area contributed by atoms with E-state index in [9.17, 15) is 23.9 Å². The number of nitrogens with zero attached hydrogens (tertiary/aromatic N) is 2. The van der Waals surface area contributed by atoms with Crippen LogP contribution in [0.4, 0.5) is 19.3 Å². The van der Waals surface area contributed by atoms with Gasteiger partial charge in [-0.3, -0.25) is 9.36 Å². The molecule has 11 heteroatoms. The molecular weight excluding hydrogens is 476 g/mol. The Morgan fingerprint density at radius 1 is 1.31 bits per heavy atom. The minimum atomic E-state index is -1.46. The molecule has 0 unspecified atom stereocenters. The molecule has 2 atom stereocenters. The predicted octanol–water partition coefficient (Wildman–Crippen LogP) is 3.63. The maximum atomic E-state index is 15.5. The zero-order chi connectivity index (χ0) is 26.0. The maximum absolute atomic E-state index is 15.5. The van der Waals surface area contributed by atoms with E-state index in [2.05, 4.69) is 5.32 Å². The van der Waals surface area contributed by atoms with Gasteiger partial charge in [-0.25, -0.2) is 18.4 Å². The van der Waals surface area contributed by atoms with E-state index in [4.69, 9.17) is 9.47 Å². The maximum Gasteiger partial charge on any atom is 0.408 e. The van der Waals surface area contributed by atoms with Crippen LogP contribution in [0.3, 0.4) is 0 Å². The number of nitrogens with one attached hydrogen (secondary N) is 1. The van der Waals surface area contributed by atoms with Crippen molar-refractivity contribution < 1.29 is 33.0 Å². The standard InChI is InChI=1S/C25H29F2N3O6/c1-24(2,3)36-23(34)28-25(5-6-25)14-4-7-29(11-14)19-17(27)9-13-8-16(22(32)33)21(31)30-15(10-26)12-35-20(19)18(13)30/h8-9,14-15H,4-7,10-12H2,1-3H3,(H,28,34)(H,32,33)/t14-,15+/m1/s1. The highest BCUT2D eigenvalue weighted by molar-refractivity contribution is 5.97. The molecule has 194 valence electrons. The first-order valence-corrected chi connectivity index (χ1v) is 12.0. The third-order valence-corrected chi connectivity index (χ3v) is 7.22. The molecule has 0 bridgehead atoms. The summed E-state index contributed by atoms with van der Waals surface area (Å²) >= 11 is 0. The summed E-state index contributed by atoms with van der Waals surface area (Å²) in [4.78, 5) is 38.7. The Balaban J connectivity index is 1.50. The topological polar surface area (TPSA) is 110 Å². The molecule has 3 aliphatic rings. The van der Waals surface area contributed by atoms with Crippen LogP contribution < -0.4 is 20.5 Å². The fraction of sp³-hybridized carbons (Fsp3) is 0.560. The SMILES string of the molecule is CC(C)(C)OC(=O)NC1([C@@H]2CCN(c3c(F)cc4cc(C(=O)O)c(=O)n5c4c3OC[C@@H]5CF)C2)CC1. The number of carbonyl (C=O) groups excluding carboxylic acids is 1. The average molecular weight is 506 g/mol. The number of rotatable bonds is 5. The molecule has 1 amide bonds. The molecule has 2 aromatic rings. The van der Waals surface area contributed by atoms with Crippen LogP contribution in [-0.2, 0) is 4.74 Å². The Labute approximate surface area is 206 Å². The van der Waals surface area contributed by atoms with Crippen LogP contribution >= 0.6 is 0 Å². The fourth-order valence-corrected chi connectivity index (χ4v) is 5.42. The summed E-state index contributed by atoms with van der Waals surface area (Å²) in [6.45, 7) is 5.16. The Kier molecular flexibility index (Phi) is 5.64. The molecule has 0 radical (unpaired) electrons. The molecule has 1 saturated heterocycles. The highest BCUT2D eigenvalue weighted by atomic mass is 19.1. The van der Waals surface area contributed by atoms with Crippen LogP contribution in [0.5, 0.6) is 5.75 Å². The van der Waals surface area contributed by atoms with Crippen LogP contribution in [0.2, 0.25) is 0 Å². The van der Waals surface area contributed by atoms with Gasteiger partial charge in [0.15, 0.2) is 11.6 Å². The Hall–Kier alpha value is -3.37. The quantitative estimate of drug-likeness (QED) is 0.639. The van der Waals surface area contributed by atoms with Crippen LogP contribution in [0, 0.1) is 11.7 Å². The van der Waals surface area contributed by atoms with Gasteiger partial charge >= 0.3 is 12.1 Å². The lowest BCUT2D eigenvalue weighted by molar-refractivity contribution is 0.0477. The number of benzene rings is 1. The van der Waals surface area contributed by atoms with Gasteiger partial charge in [0.05, 0.1) is 11.6 Å². The number of carboxylic acids is 1. The summed E-state index contributed by atoms with van der Waals surface area (Å²) in [5.41, 5.74) is -2.09. The second-order valence-electron chi connectivity index (χ2n) is 10.8. The number of anilines is 1. The third-order valence-electron chi connectivity index (χ3n) is 7.22. The first kappa shape index (κ1) is 24.3. The predicted molar refractivity (Wildman–Crippen MR) is 127 cm³/mol. The number of hydrogen-bond acceptors (Lipinski definition) is 6. The highest BCUT2D eigenvalue weighted by Gasteiger charge is 2.53. The summed E-state index contributed by atoms with van der Waals surface area (Å²) in [7, 11) is 0. The molecule has 9 nitrogen and oxygen atoms in total. The molecule has 2 N–H and O–H groups in total. The molecule has 1 aromatic heterocycles.